The predicted molar refractivity (Wildman–Crippen MR) is 169 cm³/mol. The van der Waals surface area contributed by atoms with E-state index in [1.165, 1.54) is 44.7 Å². The number of carboxylic acid groups (broad SMARTS) is 1. The van der Waals surface area contributed by atoms with Gasteiger partial charge >= 0.3 is 5.97 Å². The number of carbonyl (C=O) groups is 2. The summed E-state index contributed by atoms with van der Waals surface area (Å²) in [6.45, 7) is 2.07. The third-order valence-corrected chi connectivity index (χ3v) is 9.09. The molecule has 240 valence electrons. The molecule has 0 radical (unpaired) electrons. The number of ether oxygens (including phenoxy) is 4. The molecular weight excluding hydrogens is 614 g/mol. The molecule has 12 nitrogen and oxygen atoms in total. The zero-order chi connectivity index (χ0) is 32.8. The Morgan fingerprint density at radius 1 is 1.07 bits per heavy atom. The smallest absolute Gasteiger partial charge is 0.331 e. The number of carbonyl (C=O) groups excluding carboxylic acids is 1. The molecule has 3 aromatic carbocycles. The number of fused-ring (bicyclic) bond motifs is 1. The Labute approximate surface area is 266 Å². The lowest BCUT2D eigenvalue weighted by Gasteiger charge is -2.23. The maximum atomic E-state index is 13.7. The topological polar surface area (TPSA) is 146 Å². The van der Waals surface area contributed by atoms with E-state index in [1.807, 2.05) is 6.92 Å². The van der Waals surface area contributed by atoms with Crippen LogP contribution in [0.5, 0.6) is 23.0 Å². The number of aliphatic carboxylic acids is 1. The summed E-state index contributed by atoms with van der Waals surface area (Å²) in [6, 6.07) is 15.6. The lowest BCUT2D eigenvalue weighted by atomic mass is 10.0. The van der Waals surface area contributed by atoms with Gasteiger partial charge < -0.3 is 24.1 Å². The molecule has 0 bridgehead atoms. The van der Waals surface area contributed by atoms with Crippen molar-refractivity contribution in [2.75, 3.05) is 25.3 Å². The van der Waals surface area contributed by atoms with Gasteiger partial charge in [-0.25, -0.2) is 22.5 Å². The summed E-state index contributed by atoms with van der Waals surface area (Å²) in [5.74, 6) is 1.08. The third kappa shape index (κ3) is 6.40. The van der Waals surface area contributed by atoms with E-state index in [-0.39, 0.29) is 41.5 Å². The average Bonchev–Trinajstić information content (AvgIpc) is 3.69. The Kier molecular flexibility index (Phi) is 9.61. The van der Waals surface area contributed by atoms with Crippen LogP contribution in [0.15, 0.2) is 77.3 Å². The van der Waals surface area contributed by atoms with E-state index in [1.54, 1.807) is 47.0 Å². The normalized spacial score (nSPS) is 12.5. The van der Waals surface area contributed by atoms with Crippen LogP contribution in [0.2, 0.25) is 0 Å². The molecule has 1 N–H and O–H groups in total. The molecule has 46 heavy (non-hydrogen) atoms. The summed E-state index contributed by atoms with van der Waals surface area (Å²) >= 11 is 0. The molecule has 1 aliphatic heterocycles. The van der Waals surface area contributed by atoms with Gasteiger partial charge in [0.25, 0.3) is 10.0 Å². The van der Waals surface area contributed by atoms with Crippen LogP contribution >= 0.6 is 0 Å². The molecule has 0 saturated heterocycles. The summed E-state index contributed by atoms with van der Waals surface area (Å²) in [5, 5.41) is 10.3. The molecule has 0 unspecified atom stereocenters. The van der Waals surface area contributed by atoms with Crippen molar-refractivity contribution in [1.82, 2.24) is 9.55 Å². The van der Waals surface area contributed by atoms with Gasteiger partial charge in [0.05, 0.1) is 42.4 Å². The molecule has 13 heteroatoms. The lowest BCUT2D eigenvalue weighted by Crippen LogP contribution is -2.30. The zero-order valence-electron chi connectivity index (χ0n) is 25.5. The maximum Gasteiger partial charge on any atom is 0.331 e. The highest BCUT2D eigenvalue weighted by Gasteiger charge is 2.29. The van der Waals surface area contributed by atoms with Gasteiger partial charge in [0, 0.05) is 36.1 Å². The number of nitrogens with zero attached hydrogens (tertiary/aromatic N) is 3. The Morgan fingerprint density at radius 2 is 1.80 bits per heavy atom. The fraction of sp³-hybridized carbons (Fsp3) is 0.242. The van der Waals surface area contributed by atoms with Crippen molar-refractivity contribution in [3.63, 3.8) is 0 Å². The van der Waals surface area contributed by atoms with Crippen molar-refractivity contribution in [2.24, 2.45) is 0 Å². The number of methoxy groups -OCH3 is 2. The quantitative estimate of drug-likeness (QED) is 0.146. The number of benzene rings is 3. The molecule has 0 spiro atoms. The first-order valence-electron chi connectivity index (χ1n) is 14.4. The van der Waals surface area contributed by atoms with Gasteiger partial charge in [0.15, 0.2) is 11.5 Å². The molecule has 0 saturated carbocycles. The number of carboxylic acids is 1. The minimum absolute atomic E-state index is 0.000399. The van der Waals surface area contributed by atoms with E-state index < -0.39 is 16.0 Å². The maximum absolute atomic E-state index is 13.7. The first-order chi connectivity index (χ1) is 22.2. The van der Waals surface area contributed by atoms with Crippen molar-refractivity contribution in [2.45, 2.75) is 37.5 Å². The minimum Gasteiger partial charge on any atom is -0.497 e. The second-order valence-corrected chi connectivity index (χ2v) is 12.1. The van der Waals surface area contributed by atoms with E-state index in [2.05, 4.69) is 4.98 Å². The molecule has 4 aromatic rings. The first kappa shape index (κ1) is 32.1. The minimum atomic E-state index is -4.34. The number of aromatic nitrogens is 2. The number of hydrogen-bond acceptors (Lipinski definition) is 9. The van der Waals surface area contributed by atoms with Crippen LogP contribution in [0.25, 0.3) is 11.8 Å². The summed E-state index contributed by atoms with van der Waals surface area (Å²) in [4.78, 5) is 29.7. The number of unbranched alkanes of at least 4 members (excludes halogenated alkanes) is 1. The molecule has 5 rings (SSSR count). The van der Waals surface area contributed by atoms with E-state index in [9.17, 15) is 23.1 Å². The summed E-state index contributed by atoms with van der Waals surface area (Å²) in [7, 11) is -1.44. The van der Waals surface area contributed by atoms with Crippen LogP contribution in [-0.2, 0) is 32.5 Å². The standard InChI is InChI=1S/C33H33N3O9S/c1-4-5-11-32-34-19-24(15-23(33(38)39)14-22-16-30-31(45-21-44-30)18-29(22)43-3)36(32)27-13-12-25(42-2)17-28(27)35(20-37)46(40,41)26-9-7-6-8-10-26/h6-10,12-13,15-20H,4-5,11,14,21H2,1-3H3,(H,38,39). The van der Waals surface area contributed by atoms with Crippen molar-refractivity contribution in [1.29, 1.82) is 0 Å². The van der Waals surface area contributed by atoms with Crippen LogP contribution in [0.3, 0.4) is 0 Å². The van der Waals surface area contributed by atoms with Gasteiger partial charge in [-0.3, -0.25) is 9.36 Å². The van der Waals surface area contributed by atoms with Crippen LogP contribution in [-0.4, -0.2) is 56.5 Å². The number of anilines is 1. The van der Waals surface area contributed by atoms with Gasteiger partial charge in [-0.05, 0) is 42.8 Å². The first-order valence-corrected chi connectivity index (χ1v) is 15.9. The molecule has 0 atom stereocenters. The van der Waals surface area contributed by atoms with Crippen molar-refractivity contribution in [3.8, 4) is 28.7 Å². The predicted octanol–water partition coefficient (Wildman–Crippen LogP) is 5.02. The number of sulfonamides is 1. The van der Waals surface area contributed by atoms with Crippen LogP contribution < -0.4 is 23.3 Å². The van der Waals surface area contributed by atoms with Gasteiger partial charge in [-0.2, -0.15) is 0 Å². The third-order valence-electron chi connectivity index (χ3n) is 7.43. The molecular formula is C33H33N3O9S. The van der Waals surface area contributed by atoms with E-state index >= 15 is 0 Å². The largest absolute Gasteiger partial charge is 0.497 e. The van der Waals surface area contributed by atoms with Gasteiger partial charge in [0.1, 0.15) is 17.3 Å². The molecule has 1 aliphatic rings. The number of hydrogen-bond donors (Lipinski definition) is 1. The summed E-state index contributed by atoms with van der Waals surface area (Å²) in [5.41, 5.74) is 1.20. The second-order valence-electron chi connectivity index (χ2n) is 10.3. The Balaban J connectivity index is 1.68. The number of rotatable bonds is 14. The highest BCUT2D eigenvalue weighted by molar-refractivity contribution is 7.93. The fourth-order valence-corrected chi connectivity index (χ4v) is 6.35. The van der Waals surface area contributed by atoms with Crippen LogP contribution in [0.4, 0.5) is 5.69 Å². The van der Waals surface area contributed by atoms with Gasteiger partial charge in [-0.15, -0.1) is 0 Å². The average molecular weight is 648 g/mol. The highest BCUT2D eigenvalue weighted by atomic mass is 32.2. The Morgan fingerprint density at radius 3 is 2.46 bits per heavy atom. The SMILES string of the molecule is CCCCc1ncc(C=C(Cc2cc3c(cc2OC)OCO3)C(=O)O)n1-c1ccc(OC)cc1N(C=O)S(=O)(=O)c1ccccc1. The van der Waals surface area contributed by atoms with E-state index in [0.717, 1.165) is 12.8 Å². The molecule has 0 aliphatic carbocycles. The van der Waals surface area contributed by atoms with Crippen molar-refractivity contribution >= 4 is 34.2 Å². The van der Waals surface area contributed by atoms with E-state index in [4.69, 9.17) is 18.9 Å². The second kappa shape index (κ2) is 13.8. The van der Waals surface area contributed by atoms with Crippen LogP contribution in [0, 0.1) is 0 Å². The lowest BCUT2D eigenvalue weighted by molar-refractivity contribution is -0.132. The molecule has 2 heterocycles. The number of aryl methyl sites for hydroxylation is 1. The number of imidazole rings is 1. The zero-order valence-corrected chi connectivity index (χ0v) is 26.3. The van der Waals surface area contributed by atoms with Gasteiger partial charge in [-0.1, -0.05) is 31.5 Å². The molecule has 0 fully saturated rings. The monoisotopic (exact) mass is 647 g/mol. The highest BCUT2D eigenvalue weighted by Crippen LogP contribution is 2.39. The summed E-state index contributed by atoms with van der Waals surface area (Å²) < 4.78 is 51.6. The van der Waals surface area contributed by atoms with Crippen molar-refractivity contribution < 1.29 is 42.1 Å². The van der Waals surface area contributed by atoms with Crippen LogP contribution in [0.1, 0.15) is 36.8 Å². The summed E-state index contributed by atoms with van der Waals surface area (Å²) in [6.07, 6.45) is 5.29. The Bertz CT molecular complexity index is 1890. The molecule has 1 amide bonds. The fourth-order valence-electron chi connectivity index (χ4n) is 5.11. The Hall–Kier alpha value is -5.30. The number of amides is 1. The van der Waals surface area contributed by atoms with Crippen molar-refractivity contribution in [3.05, 3.63) is 89.5 Å². The van der Waals surface area contributed by atoms with E-state index in [0.29, 0.717) is 50.8 Å². The molecule has 1 aromatic heterocycles. The van der Waals surface area contributed by atoms with Gasteiger partial charge in [0.2, 0.25) is 13.2 Å².